The van der Waals surface area contributed by atoms with Gasteiger partial charge in [0.1, 0.15) is 5.75 Å². The van der Waals surface area contributed by atoms with E-state index in [9.17, 15) is 13.6 Å². The second-order valence-electron chi connectivity index (χ2n) is 2.88. The third-order valence-corrected chi connectivity index (χ3v) is 2.64. The van der Waals surface area contributed by atoms with Gasteiger partial charge in [0.15, 0.2) is 5.78 Å². The predicted octanol–water partition coefficient (Wildman–Crippen LogP) is 3.70. The minimum absolute atomic E-state index is 0.0990. The third kappa shape index (κ3) is 3.86. The van der Waals surface area contributed by atoms with Crippen molar-refractivity contribution in [3.8, 4) is 5.75 Å². The van der Waals surface area contributed by atoms with Gasteiger partial charge in [-0.3, -0.25) is 4.79 Å². The van der Waals surface area contributed by atoms with Crippen molar-refractivity contribution in [3.63, 3.8) is 0 Å². The van der Waals surface area contributed by atoms with E-state index in [0.717, 1.165) is 3.57 Å². The molecule has 0 N–H and O–H groups in total. The number of Topliss-reactive ketones (excluding diaryl/α,β-unsaturated/α-hetero) is 1. The lowest BCUT2D eigenvalue weighted by Gasteiger charge is -2.09. The van der Waals surface area contributed by atoms with E-state index < -0.39 is 6.61 Å². The quantitative estimate of drug-likeness (QED) is 0.455. The van der Waals surface area contributed by atoms with E-state index in [1.54, 1.807) is 6.07 Å². The summed E-state index contributed by atoms with van der Waals surface area (Å²) in [5.74, 6) is -0.252. The molecule has 0 aliphatic rings. The van der Waals surface area contributed by atoms with E-state index in [2.05, 4.69) is 4.74 Å². The van der Waals surface area contributed by atoms with Crippen LogP contribution in [0.1, 0.15) is 16.8 Å². The SMILES string of the molecule is O=C(CCCl)c1ccc(I)cc1OC(F)F. The fourth-order valence-corrected chi connectivity index (χ4v) is 1.77. The van der Waals surface area contributed by atoms with Gasteiger partial charge in [0, 0.05) is 15.9 Å². The van der Waals surface area contributed by atoms with Crippen molar-refractivity contribution >= 4 is 40.0 Å². The van der Waals surface area contributed by atoms with Gasteiger partial charge in [-0.1, -0.05) is 0 Å². The molecule has 0 saturated heterocycles. The lowest BCUT2D eigenvalue weighted by Crippen LogP contribution is -2.08. The van der Waals surface area contributed by atoms with Gasteiger partial charge < -0.3 is 4.74 Å². The molecule has 0 aliphatic carbocycles. The van der Waals surface area contributed by atoms with Crippen LogP contribution in [0, 0.1) is 3.57 Å². The Balaban J connectivity index is 3.02. The maximum Gasteiger partial charge on any atom is 0.387 e. The molecule has 0 unspecified atom stereocenters. The second kappa shape index (κ2) is 6.34. The molecule has 0 fully saturated rings. The van der Waals surface area contributed by atoms with Crippen molar-refractivity contribution in [2.24, 2.45) is 0 Å². The van der Waals surface area contributed by atoms with E-state index in [4.69, 9.17) is 11.6 Å². The molecule has 0 amide bonds. The van der Waals surface area contributed by atoms with Crippen LogP contribution in [0.25, 0.3) is 0 Å². The Hall–Kier alpha value is -0.430. The van der Waals surface area contributed by atoms with Crippen LogP contribution >= 0.6 is 34.2 Å². The highest BCUT2D eigenvalue weighted by Crippen LogP contribution is 2.24. The van der Waals surface area contributed by atoms with Crippen LogP contribution in [0.15, 0.2) is 18.2 Å². The normalized spacial score (nSPS) is 10.6. The zero-order valence-electron chi connectivity index (χ0n) is 8.05. The van der Waals surface area contributed by atoms with E-state index in [1.165, 1.54) is 12.1 Å². The van der Waals surface area contributed by atoms with Gasteiger partial charge in [-0.15, -0.1) is 11.6 Å². The molecule has 1 aromatic carbocycles. The van der Waals surface area contributed by atoms with Gasteiger partial charge in [0.25, 0.3) is 0 Å². The standard InChI is InChI=1S/C10H8ClF2IO2/c11-4-3-8(15)7-2-1-6(14)5-9(7)16-10(12)13/h1-2,5,10H,3-4H2. The van der Waals surface area contributed by atoms with Crippen molar-refractivity contribution in [1.82, 2.24) is 0 Å². The monoisotopic (exact) mass is 360 g/mol. The topological polar surface area (TPSA) is 26.3 Å². The van der Waals surface area contributed by atoms with Gasteiger partial charge in [0.2, 0.25) is 0 Å². The molecule has 6 heteroatoms. The van der Waals surface area contributed by atoms with Gasteiger partial charge >= 0.3 is 6.61 Å². The lowest BCUT2D eigenvalue weighted by molar-refractivity contribution is -0.0501. The summed E-state index contributed by atoms with van der Waals surface area (Å²) in [4.78, 5) is 11.5. The summed E-state index contributed by atoms with van der Waals surface area (Å²) in [6, 6.07) is 4.52. The molecule has 0 aliphatic heterocycles. The zero-order valence-corrected chi connectivity index (χ0v) is 11.0. The van der Waals surface area contributed by atoms with Gasteiger partial charge in [-0.25, -0.2) is 0 Å². The summed E-state index contributed by atoms with van der Waals surface area (Å²) < 4.78 is 29.2. The Morgan fingerprint density at radius 3 is 2.75 bits per heavy atom. The minimum Gasteiger partial charge on any atom is -0.434 e. The molecule has 0 saturated carbocycles. The number of rotatable bonds is 5. The van der Waals surface area contributed by atoms with Crippen LogP contribution in [-0.2, 0) is 0 Å². The highest BCUT2D eigenvalue weighted by Gasteiger charge is 2.15. The van der Waals surface area contributed by atoms with Crippen LogP contribution in [-0.4, -0.2) is 18.3 Å². The van der Waals surface area contributed by atoms with Crippen LogP contribution in [0.5, 0.6) is 5.75 Å². The van der Waals surface area contributed by atoms with E-state index in [-0.39, 0.29) is 29.4 Å². The summed E-state index contributed by atoms with van der Waals surface area (Å²) >= 11 is 7.38. The number of halogens is 4. The van der Waals surface area contributed by atoms with Crippen molar-refractivity contribution in [2.75, 3.05) is 5.88 Å². The molecule has 0 radical (unpaired) electrons. The van der Waals surface area contributed by atoms with Crippen molar-refractivity contribution < 1.29 is 18.3 Å². The Kier molecular flexibility index (Phi) is 5.40. The molecule has 0 bridgehead atoms. The summed E-state index contributed by atoms with van der Waals surface area (Å²) in [5.41, 5.74) is 0.140. The van der Waals surface area contributed by atoms with E-state index >= 15 is 0 Å². The summed E-state index contributed by atoms with van der Waals surface area (Å²) in [5, 5.41) is 0. The number of ketones is 1. The van der Waals surface area contributed by atoms with Crippen LogP contribution < -0.4 is 4.74 Å². The average molecular weight is 361 g/mol. The lowest BCUT2D eigenvalue weighted by atomic mass is 10.1. The molecule has 2 nitrogen and oxygen atoms in total. The van der Waals surface area contributed by atoms with Gasteiger partial charge in [-0.05, 0) is 40.8 Å². The third-order valence-electron chi connectivity index (χ3n) is 1.78. The molecular weight excluding hydrogens is 352 g/mol. The maximum atomic E-state index is 12.1. The number of alkyl halides is 3. The van der Waals surface area contributed by atoms with Crippen molar-refractivity contribution in [3.05, 3.63) is 27.3 Å². The van der Waals surface area contributed by atoms with Gasteiger partial charge in [-0.2, -0.15) is 8.78 Å². The smallest absolute Gasteiger partial charge is 0.387 e. The van der Waals surface area contributed by atoms with E-state index in [1.807, 2.05) is 22.6 Å². The fourth-order valence-electron chi connectivity index (χ4n) is 1.14. The Morgan fingerprint density at radius 1 is 1.50 bits per heavy atom. The van der Waals surface area contributed by atoms with Crippen molar-refractivity contribution in [2.45, 2.75) is 13.0 Å². The fraction of sp³-hybridized carbons (Fsp3) is 0.300. The Labute approximate surface area is 110 Å². The zero-order chi connectivity index (χ0) is 12.1. The van der Waals surface area contributed by atoms with Gasteiger partial charge in [0.05, 0.1) is 5.56 Å². The first kappa shape index (κ1) is 13.6. The number of hydrogen-bond donors (Lipinski definition) is 0. The molecule has 1 rings (SSSR count). The Bertz CT molecular complexity index is 385. The number of carbonyl (C=O) groups is 1. The first-order valence-electron chi connectivity index (χ1n) is 4.38. The summed E-state index contributed by atoms with van der Waals surface area (Å²) in [6.07, 6.45) is 0.0990. The molecule has 0 spiro atoms. The average Bonchev–Trinajstić information content (AvgIpc) is 2.16. The highest BCUT2D eigenvalue weighted by atomic mass is 127. The summed E-state index contributed by atoms with van der Waals surface area (Å²) in [7, 11) is 0. The van der Waals surface area contributed by atoms with Crippen molar-refractivity contribution in [1.29, 1.82) is 0 Å². The number of benzene rings is 1. The molecule has 0 heterocycles. The van der Waals surface area contributed by atoms with E-state index in [0.29, 0.717) is 0 Å². The number of hydrogen-bond acceptors (Lipinski definition) is 2. The summed E-state index contributed by atoms with van der Waals surface area (Å²) in [6.45, 7) is -2.94. The molecule has 16 heavy (non-hydrogen) atoms. The molecule has 1 aromatic rings. The first-order chi connectivity index (χ1) is 7.54. The molecule has 0 aromatic heterocycles. The minimum atomic E-state index is -2.94. The molecule has 0 atom stereocenters. The number of ether oxygens (including phenoxy) is 1. The Morgan fingerprint density at radius 2 is 2.19 bits per heavy atom. The highest BCUT2D eigenvalue weighted by molar-refractivity contribution is 14.1. The molecular formula is C10H8ClF2IO2. The number of carbonyl (C=O) groups excluding carboxylic acids is 1. The largest absolute Gasteiger partial charge is 0.434 e. The molecule has 88 valence electrons. The van der Waals surface area contributed by atoms with Crippen LogP contribution in [0.4, 0.5) is 8.78 Å². The van der Waals surface area contributed by atoms with Crippen LogP contribution in [0.2, 0.25) is 0 Å². The first-order valence-corrected chi connectivity index (χ1v) is 5.99. The second-order valence-corrected chi connectivity index (χ2v) is 4.50. The predicted molar refractivity (Wildman–Crippen MR) is 65.5 cm³/mol. The maximum absolute atomic E-state index is 12.1. The van der Waals surface area contributed by atoms with Crippen LogP contribution in [0.3, 0.4) is 0 Å².